The molecule has 6 heteroatoms. The van der Waals surface area contributed by atoms with E-state index in [4.69, 9.17) is 9.47 Å². The molecule has 0 aliphatic carbocycles. The Morgan fingerprint density at radius 1 is 1.10 bits per heavy atom. The van der Waals surface area contributed by atoms with E-state index in [0.717, 1.165) is 43.6 Å². The van der Waals surface area contributed by atoms with Gasteiger partial charge in [0.05, 0.1) is 14.2 Å². The van der Waals surface area contributed by atoms with E-state index in [0.29, 0.717) is 0 Å². The molecule has 1 aromatic carbocycles. The van der Waals surface area contributed by atoms with Gasteiger partial charge in [-0.1, -0.05) is 6.07 Å². The van der Waals surface area contributed by atoms with Crippen LogP contribution in [0.25, 0.3) is 0 Å². The number of nitrogens with one attached hydrogen (secondary N) is 2. The third kappa shape index (κ3) is 6.30. The van der Waals surface area contributed by atoms with Gasteiger partial charge in [0.1, 0.15) is 0 Å². The minimum absolute atomic E-state index is 0. The number of hydrogen-bond donors (Lipinski definition) is 2. The molecule has 0 amide bonds. The number of hydrogen-bond acceptors (Lipinski definition) is 4. The van der Waals surface area contributed by atoms with Gasteiger partial charge in [-0.2, -0.15) is 0 Å². The SMILES string of the molecule is COc1ccc(CNCC2CCNCC2)cc1OC.[Cl-].[Cl-]. The van der Waals surface area contributed by atoms with Crippen molar-refractivity contribution in [2.45, 2.75) is 19.4 Å². The molecule has 1 aliphatic rings. The van der Waals surface area contributed by atoms with Crippen LogP contribution in [-0.2, 0) is 6.54 Å². The lowest BCUT2D eigenvalue weighted by atomic mass is 9.98. The molecule has 122 valence electrons. The van der Waals surface area contributed by atoms with Crippen molar-refractivity contribution in [1.82, 2.24) is 10.6 Å². The third-order valence-electron chi connectivity index (χ3n) is 3.67. The smallest absolute Gasteiger partial charge is 0.161 e. The number of ether oxygens (including phenoxy) is 2. The standard InChI is InChI=1S/C15H24N2O2.2ClH/c1-18-14-4-3-13(9-15(14)19-2)11-17-10-12-5-7-16-8-6-12;;/h3-4,9,12,16-17H,5-8,10-11H2,1-2H3;2*1H/p-2. The maximum atomic E-state index is 5.31. The van der Waals surface area contributed by atoms with Crippen LogP contribution in [0.1, 0.15) is 18.4 Å². The number of methoxy groups -OCH3 is 2. The molecular weight excluding hydrogens is 311 g/mol. The molecule has 1 aliphatic heterocycles. The summed E-state index contributed by atoms with van der Waals surface area (Å²) in [5.74, 6) is 2.38. The molecule has 0 radical (unpaired) electrons. The van der Waals surface area contributed by atoms with Gasteiger partial charge in [-0.25, -0.2) is 0 Å². The highest BCUT2D eigenvalue weighted by atomic mass is 35.5. The van der Waals surface area contributed by atoms with Crippen LogP contribution < -0.4 is 44.9 Å². The lowest BCUT2D eigenvalue weighted by molar-refractivity contribution is -0.00100. The van der Waals surface area contributed by atoms with Crippen LogP contribution in [0.4, 0.5) is 0 Å². The summed E-state index contributed by atoms with van der Waals surface area (Å²) in [6, 6.07) is 6.07. The van der Waals surface area contributed by atoms with Crippen LogP contribution in [0.15, 0.2) is 18.2 Å². The summed E-state index contributed by atoms with van der Waals surface area (Å²) in [5.41, 5.74) is 1.23. The van der Waals surface area contributed by atoms with E-state index in [-0.39, 0.29) is 24.8 Å². The van der Waals surface area contributed by atoms with Crippen LogP contribution in [-0.4, -0.2) is 33.9 Å². The average molecular weight is 335 g/mol. The molecule has 0 saturated carbocycles. The fourth-order valence-corrected chi connectivity index (χ4v) is 2.50. The predicted molar refractivity (Wildman–Crippen MR) is 76.8 cm³/mol. The summed E-state index contributed by atoms with van der Waals surface area (Å²) in [6.45, 7) is 4.28. The topological polar surface area (TPSA) is 42.5 Å². The number of benzene rings is 1. The van der Waals surface area contributed by atoms with Crippen molar-refractivity contribution in [3.8, 4) is 11.5 Å². The van der Waals surface area contributed by atoms with E-state index in [2.05, 4.69) is 16.7 Å². The molecule has 2 N–H and O–H groups in total. The summed E-state index contributed by atoms with van der Waals surface area (Å²) in [4.78, 5) is 0. The molecule has 0 bridgehead atoms. The Morgan fingerprint density at radius 3 is 2.38 bits per heavy atom. The average Bonchev–Trinajstić information content (AvgIpc) is 2.48. The van der Waals surface area contributed by atoms with Crippen molar-refractivity contribution in [1.29, 1.82) is 0 Å². The Bertz CT molecular complexity index is 399. The Balaban J connectivity index is 0.00000200. The van der Waals surface area contributed by atoms with Gasteiger partial charge in [0.15, 0.2) is 11.5 Å². The van der Waals surface area contributed by atoms with Gasteiger partial charge in [-0.3, -0.25) is 0 Å². The number of piperidine rings is 1. The quantitative estimate of drug-likeness (QED) is 0.553. The monoisotopic (exact) mass is 334 g/mol. The van der Waals surface area contributed by atoms with Gasteiger partial charge in [0.25, 0.3) is 0 Å². The Morgan fingerprint density at radius 2 is 1.76 bits per heavy atom. The van der Waals surface area contributed by atoms with E-state index in [9.17, 15) is 0 Å². The summed E-state index contributed by atoms with van der Waals surface area (Å²) in [7, 11) is 3.33. The van der Waals surface area contributed by atoms with E-state index in [1.54, 1.807) is 14.2 Å². The molecule has 2 rings (SSSR count). The van der Waals surface area contributed by atoms with E-state index >= 15 is 0 Å². The lowest BCUT2D eigenvalue weighted by Crippen LogP contribution is -3.00. The molecular formula is C15H24Cl2N2O2-2. The number of rotatable bonds is 6. The molecule has 21 heavy (non-hydrogen) atoms. The first-order valence-electron chi connectivity index (χ1n) is 6.96. The van der Waals surface area contributed by atoms with E-state index in [1.165, 1.54) is 18.4 Å². The van der Waals surface area contributed by atoms with Crippen molar-refractivity contribution in [3.63, 3.8) is 0 Å². The first kappa shape index (κ1) is 20.3. The highest BCUT2D eigenvalue weighted by Crippen LogP contribution is 2.27. The summed E-state index contributed by atoms with van der Waals surface area (Å²) in [6.07, 6.45) is 2.55. The molecule has 0 spiro atoms. The Kier molecular flexibility index (Phi) is 10.6. The Hall–Kier alpha value is -0.680. The van der Waals surface area contributed by atoms with Crippen LogP contribution in [0, 0.1) is 5.92 Å². The van der Waals surface area contributed by atoms with Crippen LogP contribution >= 0.6 is 0 Å². The largest absolute Gasteiger partial charge is 1.00 e. The maximum absolute atomic E-state index is 5.31. The van der Waals surface area contributed by atoms with Gasteiger partial charge < -0.3 is 44.9 Å². The zero-order valence-corrected chi connectivity index (χ0v) is 14.1. The first-order valence-corrected chi connectivity index (χ1v) is 6.96. The van der Waals surface area contributed by atoms with Crippen LogP contribution in [0.3, 0.4) is 0 Å². The molecule has 1 fully saturated rings. The molecule has 4 nitrogen and oxygen atoms in total. The van der Waals surface area contributed by atoms with Gasteiger partial charge in [-0.15, -0.1) is 0 Å². The van der Waals surface area contributed by atoms with Crippen molar-refractivity contribution in [3.05, 3.63) is 23.8 Å². The minimum Gasteiger partial charge on any atom is -1.00 e. The van der Waals surface area contributed by atoms with Gasteiger partial charge in [0, 0.05) is 6.54 Å². The maximum Gasteiger partial charge on any atom is 0.161 e. The second-order valence-corrected chi connectivity index (χ2v) is 5.01. The summed E-state index contributed by atoms with van der Waals surface area (Å²) >= 11 is 0. The summed E-state index contributed by atoms with van der Waals surface area (Å²) in [5, 5.41) is 6.93. The number of halogens is 2. The lowest BCUT2D eigenvalue weighted by Gasteiger charge is -2.22. The molecule has 1 heterocycles. The summed E-state index contributed by atoms with van der Waals surface area (Å²) < 4.78 is 10.6. The first-order chi connectivity index (χ1) is 9.33. The third-order valence-corrected chi connectivity index (χ3v) is 3.67. The van der Waals surface area contributed by atoms with Crippen LogP contribution in [0.2, 0.25) is 0 Å². The highest BCUT2D eigenvalue weighted by Gasteiger charge is 2.12. The molecule has 1 aromatic rings. The Labute approximate surface area is 139 Å². The van der Waals surface area contributed by atoms with E-state index in [1.807, 2.05) is 12.1 Å². The van der Waals surface area contributed by atoms with E-state index < -0.39 is 0 Å². The molecule has 1 saturated heterocycles. The van der Waals surface area contributed by atoms with Gasteiger partial charge in [-0.05, 0) is 56.1 Å². The van der Waals surface area contributed by atoms with Crippen molar-refractivity contribution in [2.24, 2.45) is 5.92 Å². The second kappa shape index (κ2) is 11.0. The van der Waals surface area contributed by atoms with Crippen molar-refractivity contribution < 1.29 is 34.3 Å². The van der Waals surface area contributed by atoms with Gasteiger partial charge >= 0.3 is 0 Å². The zero-order chi connectivity index (χ0) is 13.5. The van der Waals surface area contributed by atoms with Crippen LogP contribution in [0.5, 0.6) is 11.5 Å². The zero-order valence-electron chi connectivity index (χ0n) is 12.6. The predicted octanol–water partition coefficient (Wildman–Crippen LogP) is -4.20. The molecule has 0 atom stereocenters. The molecule has 0 aromatic heterocycles. The fourth-order valence-electron chi connectivity index (χ4n) is 2.50. The van der Waals surface area contributed by atoms with Gasteiger partial charge in [0.2, 0.25) is 0 Å². The molecule has 0 unspecified atom stereocenters. The normalized spacial score (nSPS) is 14.8. The highest BCUT2D eigenvalue weighted by molar-refractivity contribution is 5.42. The second-order valence-electron chi connectivity index (χ2n) is 5.01. The van der Waals surface area contributed by atoms with Crippen molar-refractivity contribution >= 4 is 0 Å². The minimum atomic E-state index is 0. The van der Waals surface area contributed by atoms with Crippen molar-refractivity contribution in [2.75, 3.05) is 33.9 Å². The fraction of sp³-hybridized carbons (Fsp3) is 0.600.